The second-order valence-corrected chi connectivity index (χ2v) is 4.52. The Hall–Kier alpha value is -0.960. The minimum absolute atomic E-state index is 0.122. The number of furan rings is 1. The summed E-state index contributed by atoms with van der Waals surface area (Å²) in [5.41, 5.74) is 6.57. The van der Waals surface area contributed by atoms with Gasteiger partial charge in [0.2, 0.25) is 0 Å². The fourth-order valence-electron chi connectivity index (χ4n) is 1.45. The van der Waals surface area contributed by atoms with E-state index in [-0.39, 0.29) is 6.04 Å². The van der Waals surface area contributed by atoms with E-state index in [9.17, 15) is 0 Å². The lowest BCUT2D eigenvalue weighted by atomic mass is 10.2. The molecule has 0 bridgehead atoms. The molecule has 84 valence electrons. The van der Waals surface area contributed by atoms with Gasteiger partial charge in [-0.2, -0.15) is 0 Å². The third-order valence-corrected chi connectivity index (χ3v) is 2.66. The number of nitrogens with two attached hydrogens (primary N) is 1. The zero-order valence-corrected chi connectivity index (χ0v) is 10.2. The predicted molar refractivity (Wildman–Crippen MR) is 66.8 cm³/mol. The summed E-state index contributed by atoms with van der Waals surface area (Å²) in [6.45, 7) is 1.87. The van der Waals surface area contributed by atoms with Gasteiger partial charge in [-0.3, -0.25) is 0 Å². The number of rotatable bonds is 2. The molecule has 0 saturated carbocycles. The summed E-state index contributed by atoms with van der Waals surface area (Å²) in [5.74, 6) is 1.46. The number of hydrogen-bond donors (Lipinski definition) is 1. The number of hydrogen-bond acceptors (Lipinski definition) is 2. The van der Waals surface area contributed by atoms with Crippen LogP contribution in [0.25, 0.3) is 11.3 Å². The van der Waals surface area contributed by atoms with Gasteiger partial charge in [-0.05, 0) is 37.3 Å². The molecule has 0 aliphatic rings. The van der Waals surface area contributed by atoms with E-state index in [1.807, 2.05) is 19.1 Å². The Balaban J connectivity index is 2.42. The lowest BCUT2D eigenvalue weighted by Gasteiger charge is -2.01. The van der Waals surface area contributed by atoms with E-state index in [4.69, 9.17) is 33.4 Å². The van der Waals surface area contributed by atoms with Crippen LogP contribution in [0.5, 0.6) is 0 Å². The maximum atomic E-state index is 5.92. The van der Waals surface area contributed by atoms with E-state index in [0.717, 1.165) is 17.1 Å². The largest absolute Gasteiger partial charge is 0.459 e. The highest BCUT2D eigenvalue weighted by atomic mass is 35.5. The quantitative estimate of drug-likeness (QED) is 0.871. The number of halogens is 2. The molecule has 0 aliphatic carbocycles. The lowest BCUT2D eigenvalue weighted by molar-refractivity contribution is 0.491. The molecule has 1 heterocycles. The summed E-state index contributed by atoms with van der Waals surface area (Å²) in [6.07, 6.45) is 0. The molecule has 1 unspecified atom stereocenters. The first-order chi connectivity index (χ1) is 7.56. The molecule has 2 aromatic rings. The normalized spacial score (nSPS) is 12.8. The van der Waals surface area contributed by atoms with Crippen molar-refractivity contribution in [3.05, 3.63) is 46.1 Å². The molecule has 2 rings (SSSR count). The Labute approximate surface area is 104 Å². The topological polar surface area (TPSA) is 39.2 Å². The highest BCUT2D eigenvalue weighted by molar-refractivity contribution is 6.35. The van der Waals surface area contributed by atoms with Crippen LogP contribution in [0.3, 0.4) is 0 Å². The van der Waals surface area contributed by atoms with Gasteiger partial charge < -0.3 is 10.2 Å². The van der Waals surface area contributed by atoms with Crippen molar-refractivity contribution in [1.29, 1.82) is 0 Å². The molecule has 1 atom stereocenters. The van der Waals surface area contributed by atoms with Gasteiger partial charge in [-0.15, -0.1) is 0 Å². The molecule has 4 heteroatoms. The molecule has 2 nitrogen and oxygen atoms in total. The first-order valence-corrected chi connectivity index (χ1v) is 5.63. The second kappa shape index (κ2) is 4.50. The Kier molecular flexibility index (Phi) is 3.24. The van der Waals surface area contributed by atoms with Crippen molar-refractivity contribution in [1.82, 2.24) is 0 Å². The third-order valence-electron chi connectivity index (χ3n) is 2.22. The molecule has 16 heavy (non-hydrogen) atoms. The molecule has 0 saturated heterocycles. The standard InChI is InChI=1S/C12H11Cl2NO/c1-7(15)11-2-3-12(16-11)8-4-9(13)6-10(14)5-8/h2-7H,15H2,1H3. The van der Waals surface area contributed by atoms with Crippen molar-refractivity contribution < 1.29 is 4.42 Å². The van der Waals surface area contributed by atoms with Crippen molar-refractivity contribution in [2.24, 2.45) is 5.73 Å². The average Bonchev–Trinajstić information content (AvgIpc) is 2.64. The van der Waals surface area contributed by atoms with Crippen LogP contribution in [0, 0.1) is 0 Å². The van der Waals surface area contributed by atoms with Crippen LogP contribution in [0.4, 0.5) is 0 Å². The van der Waals surface area contributed by atoms with E-state index >= 15 is 0 Å². The van der Waals surface area contributed by atoms with Crippen molar-refractivity contribution >= 4 is 23.2 Å². The van der Waals surface area contributed by atoms with Crippen LogP contribution >= 0.6 is 23.2 Å². The number of benzene rings is 1. The minimum atomic E-state index is -0.122. The van der Waals surface area contributed by atoms with Gasteiger partial charge in [0.15, 0.2) is 0 Å². The van der Waals surface area contributed by atoms with Gasteiger partial charge in [0.05, 0.1) is 6.04 Å². The molecule has 0 spiro atoms. The van der Waals surface area contributed by atoms with Crippen molar-refractivity contribution in [3.8, 4) is 11.3 Å². The molecule has 2 N–H and O–H groups in total. The fraction of sp³-hybridized carbons (Fsp3) is 0.167. The van der Waals surface area contributed by atoms with Crippen LogP contribution in [-0.2, 0) is 0 Å². The van der Waals surface area contributed by atoms with Crippen LogP contribution < -0.4 is 5.73 Å². The van der Waals surface area contributed by atoms with Gasteiger partial charge in [-0.1, -0.05) is 23.2 Å². The van der Waals surface area contributed by atoms with Crippen LogP contribution in [-0.4, -0.2) is 0 Å². The SMILES string of the molecule is CC(N)c1ccc(-c2cc(Cl)cc(Cl)c2)o1. The average molecular weight is 256 g/mol. The highest BCUT2D eigenvalue weighted by Gasteiger charge is 2.09. The maximum Gasteiger partial charge on any atom is 0.134 e. The highest BCUT2D eigenvalue weighted by Crippen LogP contribution is 2.29. The summed E-state index contributed by atoms with van der Waals surface area (Å²) in [6, 6.07) is 8.88. The molecular weight excluding hydrogens is 245 g/mol. The van der Waals surface area contributed by atoms with Crippen LogP contribution in [0.15, 0.2) is 34.7 Å². The van der Waals surface area contributed by atoms with Gasteiger partial charge in [0, 0.05) is 15.6 Å². The van der Waals surface area contributed by atoms with E-state index in [0.29, 0.717) is 10.0 Å². The Morgan fingerprint density at radius 3 is 2.25 bits per heavy atom. The summed E-state index contributed by atoms with van der Waals surface area (Å²) < 4.78 is 5.60. The summed E-state index contributed by atoms with van der Waals surface area (Å²) >= 11 is 11.8. The van der Waals surface area contributed by atoms with E-state index in [1.165, 1.54) is 0 Å². The van der Waals surface area contributed by atoms with Gasteiger partial charge in [-0.25, -0.2) is 0 Å². The smallest absolute Gasteiger partial charge is 0.134 e. The van der Waals surface area contributed by atoms with Crippen molar-refractivity contribution in [3.63, 3.8) is 0 Å². The molecule has 0 amide bonds. The monoisotopic (exact) mass is 255 g/mol. The Morgan fingerprint density at radius 1 is 1.12 bits per heavy atom. The van der Waals surface area contributed by atoms with Crippen LogP contribution in [0.1, 0.15) is 18.7 Å². The van der Waals surface area contributed by atoms with Crippen LogP contribution in [0.2, 0.25) is 10.0 Å². The minimum Gasteiger partial charge on any atom is -0.459 e. The van der Waals surface area contributed by atoms with Gasteiger partial charge in [0.25, 0.3) is 0 Å². The molecule has 0 aliphatic heterocycles. The molecule has 1 aromatic carbocycles. The predicted octanol–water partition coefficient (Wildman–Crippen LogP) is 4.27. The molecule has 0 fully saturated rings. The molecule has 1 aromatic heterocycles. The van der Waals surface area contributed by atoms with Crippen molar-refractivity contribution in [2.45, 2.75) is 13.0 Å². The summed E-state index contributed by atoms with van der Waals surface area (Å²) in [4.78, 5) is 0. The Bertz CT molecular complexity index is 485. The first-order valence-electron chi connectivity index (χ1n) is 4.88. The molecular formula is C12H11Cl2NO. The zero-order valence-electron chi connectivity index (χ0n) is 8.71. The summed E-state index contributed by atoms with van der Waals surface area (Å²) in [5, 5.41) is 1.17. The van der Waals surface area contributed by atoms with E-state index in [1.54, 1.807) is 18.2 Å². The third kappa shape index (κ3) is 2.40. The summed E-state index contributed by atoms with van der Waals surface area (Å²) in [7, 11) is 0. The zero-order chi connectivity index (χ0) is 11.7. The first kappa shape index (κ1) is 11.5. The Morgan fingerprint density at radius 2 is 1.75 bits per heavy atom. The van der Waals surface area contributed by atoms with E-state index < -0.39 is 0 Å². The van der Waals surface area contributed by atoms with E-state index in [2.05, 4.69) is 0 Å². The molecule has 0 radical (unpaired) electrons. The second-order valence-electron chi connectivity index (χ2n) is 3.65. The van der Waals surface area contributed by atoms with Crippen molar-refractivity contribution in [2.75, 3.05) is 0 Å². The lowest BCUT2D eigenvalue weighted by Crippen LogP contribution is -2.02. The maximum absolute atomic E-state index is 5.92. The van der Waals surface area contributed by atoms with Gasteiger partial charge in [0.1, 0.15) is 11.5 Å². The van der Waals surface area contributed by atoms with Gasteiger partial charge >= 0.3 is 0 Å². The fourth-order valence-corrected chi connectivity index (χ4v) is 1.97.